The maximum Gasteiger partial charge on any atom is 0.117 e. The van der Waals surface area contributed by atoms with Gasteiger partial charge in [-0.2, -0.15) is 0 Å². The summed E-state index contributed by atoms with van der Waals surface area (Å²) in [5.41, 5.74) is -5.74. The Labute approximate surface area is 512 Å². The Balaban J connectivity index is 1.40. The van der Waals surface area contributed by atoms with E-state index in [1.165, 1.54) is 15.2 Å². The predicted octanol–water partition coefficient (Wildman–Crippen LogP) is -24.5. The molecule has 0 N–H and O–H groups in total. The summed E-state index contributed by atoms with van der Waals surface area (Å²) in [6, 6.07) is 1.53. The molecule has 0 amide bonds. The van der Waals surface area contributed by atoms with Crippen molar-refractivity contribution >= 4 is 456 Å². The van der Waals surface area contributed by atoms with Gasteiger partial charge < -0.3 is 9.13 Å². The number of aromatic nitrogens is 2. The third-order valence-electron chi connectivity index (χ3n) is 15.5. The molecule has 0 fully saturated rings. The molecule has 2 aromatic heterocycles. The molecule has 0 unspecified atom stereocenters. The second-order valence-corrected chi connectivity index (χ2v) is 19.6. The Kier molecular flexibility index (Phi) is 14.9. The van der Waals surface area contributed by atoms with Gasteiger partial charge in [-0.15, -0.1) is 71.0 Å². The lowest BCUT2D eigenvalue weighted by atomic mass is 9.56. The lowest BCUT2D eigenvalue weighted by Crippen LogP contribution is -2.57. The number of benzene rings is 8. The molecule has 0 spiro atoms. The van der Waals surface area contributed by atoms with E-state index in [0.717, 1.165) is 0 Å². The van der Waals surface area contributed by atoms with Gasteiger partial charge in [-0.3, -0.25) is 0 Å². The van der Waals surface area contributed by atoms with Crippen LogP contribution in [0.3, 0.4) is 0 Å². The minimum absolute atomic E-state index is 0.0123. The monoisotopic (exact) mass is 946 g/mol. The molecule has 0 bridgehead atoms. The van der Waals surface area contributed by atoms with Gasteiger partial charge in [0.15, 0.2) is 0 Å². The number of rotatable bonds is 5. The summed E-state index contributed by atoms with van der Waals surface area (Å²) in [4.78, 5) is 0. The van der Waals surface area contributed by atoms with Gasteiger partial charge in [0.1, 0.15) is 243 Å². The van der Waals surface area contributed by atoms with Crippen LogP contribution in [-0.2, 0) is 0 Å². The Bertz CT molecular complexity index is 4590. The highest BCUT2D eigenvalue weighted by molar-refractivity contribution is 6.76. The first-order valence-corrected chi connectivity index (χ1v) is 23.6. The molecule has 10 rings (SSSR count). The molecule has 0 atom stereocenters. The van der Waals surface area contributed by atoms with Gasteiger partial charge in [-0.1, -0.05) is 98.3 Å². The molecule has 2 heterocycles. The maximum absolute atomic E-state index is 7.44. The topological polar surface area (TPSA) is 9.86 Å². The van der Waals surface area contributed by atoms with Crippen LogP contribution in [0, 0.1) is 0 Å². The van der Waals surface area contributed by atoms with Gasteiger partial charge in [-0.05, 0) is 50.2 Å². The third kappa shape index (κ3) is 7.85. The van der Waals surface area contributed by atoms with E-state index in [1.54, 1.807) is 0 Å². The van der Waals surface area contributed by atoms with E-state index in [-0.39, 0.29) is 258 Å². The smallest absolute Gasteiger partial charge is 0.117 e. The maximum atomic E-state index is 7.44. The van der Waals surface area contributed by atoms with Crippen molar-refractivity contribution < 1.29 is 0 Å². The molecule has 33 heteroatoms. The molecule has 0 aliphatic carbocycles. The number of hydrogen-bond donors (Lipinski definition) is 0. The third-order valence-corrected chi connectivity index (χ3v) is 15.5. The van der Waals surface area contributed by atoms with Crippen LogP contribution >= 0.6 is 0 Å². The van der Waals surface area contributed by atoms with E-state index < -0.39 is 0 Å². The predicted molar refractivity (Wildman–Crippen MR) is 378 cm³/mol. The number of hydrogen-bond acceptors (Lipinski definition) is 0. The van der Waals surface area contributed by atoms with Crippen LogP contribution < -0.4 is 169 Å². The van der Waals surface area contributed by atoms with Crippen LogP contribution in [0.5, 0.6) is 0 Å². The fourth-order valence-electron chi connectivity index (χ4n) is 11.1. The summed E-state index contributed by atoms with van der Waals surface area (Å²) in [6.45, 7) is 0. The molecule has 296 valence electrons. The molecule has 0 saturated heterocycles. The van der Waals surface area contributed by atoms with Gasteiger partial charge in [0.05, 0.1) is 0 Å². The van der Waals surface area contributed by atoms with Gasteiger partial charge in [0.25, 0.3) is 0 Å². The average molecular weight is 941 g/mol. The van der Waals surface area contributed by atoms with Crippen LogP contribution in [0.1, 0.15) is 0 Å². The van der Waals surface area contributed by atoms with Crippen molar-refractivity contribution in [2.45, 2.75) is 0 Å². The van der Waals surface area contributed by atoms with Crippen molar-refractivity contribution in [3.05, 3.63) is 6.07 Å². The van der Waals surface area contributed by atoms with Crippen molar-refractivity contribution in [1.29, 1.82) is 0 Å². The summed E-state index contributed by atoms with van der Waals surface area (Å²) in [5.74, 6) is 0. The molecule has 8 aromatic carbocycles. The second kappa shape index (κ2) is 20.3. The van der Waals surface area contributed by atoms with E-state index in [4.69, 9.17) is 243 Å². The van der Waals surface area contributed by atoms with Crippen LogP contribution in [-0.4, -0.2) is 252 Å². The van der Waals surface area contributed by atoms with E-state index in [1.807, 2.05) is 0 Å². The molecule has 0 aliphatic heterocycles. The normalized spacial score (nSPS) is 11.8. The van der Waals surface area contributed by atoms with E-state index in [0.29, 0.717) is 0 Å². The SMILES string of the molecule is [B]c1c([B])c([B])c(-c2c([B])c([B])c([B])c(-n3c4c([B])c([B])c(-c5c([B])c([B])c6c(c5[B])c5c([B])c([B])c([B])c([B])c5n6-c5c([B])c([B])c([B])c([B])c5-c5c([B])c([B])c([B])c([B])c5[B])cc4c4c([B])c([B])c([B])c([B])c43)c2[B])c([B])c1[B]. The molecule has 0 aliphatic rings. The first-order chi connectivity index (χ1) is 37.7. The summed E-state index contributed by atoms with van der Waals surface area (Å²) in [7, 11) is 209. The van der Waals surface area contributed by atoms with Crippen molar-refractivity contribution in [2.24, 2.45) is 0 Å². The summed E-state index contributed by atoms with van der Waals surface area (Å²) in [6.07, 6.45) is 0. The highest BCUT2D eigenvalue weighted by atomic mass is 15.0. The van der Waals surface area contributed by atoms with Crippen molar-refractivity contribution in [2.75, 3.05) is 0 Å². The van der Waals surface area contributed by atoms with Crippen molar-refractivity contribution in [1.82, 2.24) is 9.13 Å². The van der Waals surface area contributed by atoms with Crippen LogP contribution in [0.4, 0.5) is 0 Å². The Morgan fingerprint density at radius 3 is 0.889 bits per heavy atom. The summed E-state index contributed by atoms with van der Waals surface area (Å²) in [5, 5.41) is 0.383. The summed E-state index contributed by atoms with van der Waals surface area (Å²) >= 11 is 0. The Hall–Kier alpha value is -4.63. The molecular weight excluding hydrogens is 940 g/mol. The fraction of sp³-hybridized carbons (Fsp3) is 0. The van der Waals surface area contributed by atoms with Gasteiger partial charge in [0.2, 0.25) is 0 Å². The quantitative estimate of drug-likeness (QED) is 0.152. The molecular formula is C48HB31N2. The van der Waals surface area contributed by atoms with Gasteiger partial charge in [-0.25, -0.2) is 0 Å². The minimum Gasteiger partial charge on any atom is -0.312 e. The molecule has 62 radical (unpaired) electrons. The minimum atomic E-state index is -0.238. The number of nitrogens with zero attached hydrogens (tertiary/aromatic N) is 2. The zero-order chi connectivity index (χ0) is 60.0. The van der Waals surface area contributed by atoms with Crippen LogP contribution in [0.2, 0.25) is 0 Å². The standard InChI is InChI=1S/C48HB31N2/c49-12-2(1-3-5-15(52)24(61)34(71)39(76)44(5)80(43(3)37(12)74)48-23(60)7(18(55)31(68)42(48)79)6-16(53)25(62)32(69)26(63)17(6)54)4-13(50)10-11-22(59)30(67)36(73)41(78)47(11)81(46(10)38(75)14(4)51)45-9(21(58)29(66)35(72)40(45)77)8-19(56)27(64)33(70)28(65)20(8)57/h1H. The molecule has 0 saturated carbocycles. The zero-order valence-corrected chi connectivity index (χ0v) is 42.9. The Morgan fingerprint density at radius 1 is 0.173 bits per heavy atom. The fourth-order valence-corrected chi connectivity index (χ4v) is 11.1. The van der Waals surface area contributed by atoms with Gasteiger partial charge in [0, 0.05) is 44.2 Å². The van der Waals surface area contributed by atoms with Gasteiger partial charge >= 0.3 is 0 Å². The molecule has 2 nitrogen and oxygen atoms in total. The molecule has 81 heavy (non-hydrogen) atoms. The van der Waals surface area contributed by atoms with E-state index in [9.17, 15) is 0 Å². The second-order valence-electron chi connectivity index (χ2n) is 19.6. The lowest BCUT2D eigenvalue weighted by Gasteiger charge is -2.30. The largest absolute Gasteiger partial charge is 0.312 e. The average Bonchev–Trinajstić information content (AvgIpc) is 3.50. The van der Waals surface area contributed by atoms with E-state index in [2.05, 4.69) is 0 Å². The lowest BCUT2D eigenvalue weighted by molar-refractivity contribution is 1.21. The first kappa shape index (κ1) is 59.5. The van der Waals surface area contributed by atoms with Crippen molar-refractivity contribution in [3.63, 3.8) is 0 Å². The first-order valence-electron chi connectivity index (χ1n) is 23.6. The summed E-state index contributed by atoms with van der Waals surface area (Å²) < 4.78 is 2.82. The highest BCUT2D eigenvalue weighted by Crippen LogP contribution is 2.34. The van der Waals surface area contributed by atoms with Crippen LogP contribution in [0.25, 0.3) is 88.4 Å². The number of fused-ring (bicyclic) bond motifs is 6. The highest BCUT2D eigenvalue weighted by Gasteiger charge is 2.31. The Morgan fingerprint density at radius 2 is 0.432 bits per heavy atom. The molecule has 10 aromatic rings. The van der Waals surface area contributed by atoms with E-state index >= 15 is 0 Å². The van der Waals surface area contributed by atoms with Crippen LogP contribution in [0.15, 0.2) is 6.07 Å². The zero-order valence-electron chi connectivity index (χ0n) is 42.9. The van der Waals surface area contributed by atoms with Crippen molar-refractivity contribution in [3.8, 4) is 44.8 Å².